The van der Waals surface area contributed by atoms with E-state index in [2.05, 4.69) is 0 Å². The largest absolute Gasteiger partial charge is 0.391 e. The highest BCUT2D eigenvalue weighted by Gasteiger charge is 2.27. The number of aliphatic hydroxyl groups excluding tert-OH is 1. The molecule has 0 radical (unpaired) electrons. The first-order valence-corrected chi connectivity index (χ1v) is 5.47. The topological polar surface area (TPSA) is 66.6 Å². The fraction of sp³-hybridized carbons (Fsp3) is 0.417. The second kappa shape index (κ2) is 4.63. The van der Waals surface area contributed by atoms with Gasteiger partial charge in [-0.3, -0.25) is 4.79 Å². The maximum atomic E-state index is 11.9. The average molecular weight is 220 g/mol. The smallest absolute Gasteiger partial charge is 0.254 e. The molecule has 0 aliphatic carbocycles. The summed E-state index contributed by atoms with van der Waals surface area (Å²) in [6.07, 6.45) is 0.00314. The van der Waals surface area contributed by atoms with E-state index in [4.69, 9.17) is 5.73 Å². The van der Waals surface area contributed by atoms with Gasteiger partial charge in [0.25, 0.3) is 5.91 Å². The van der Waals surface area contributed by atoms with Crippen LogP contribution in [0.1, 0.15) is 22.3 Å². The Morgan fingerprint density at radius 1 is 1.44 bits per heavy atom. The fourth-order valence-electron chi connectivity index (χ4n) is 2.00. The van der Waals surface area contributed by atoms with Gasteiger partial charge in [0, 0.05) is 18.7 Å². The number of carbonyl (C=O) groups excluding carboxylic acids is 1. The normalized spacial score (nSPS) is 16.4. The molecule has 1 aliphatic heterocycles. The van der Waals surface area contributed by atoms with Crippen LogP contribution in [0.3, 0.4) is 0 Å². The Kier molecular flexibility index (Phi) is 3.22. The summed E-state index contributed by atoms with van der Waals surface area (Å²) in [5.74, 6) is 0.00618. The zero-order chi connectivity index (χ0) is 11.5. The van der Waals surface area contributed by atoms with Crippen LogP contribution in [0, 0.1) is 0 Å². The first kappa shape index (κ1) is 11.1. The average Bonchev–Trinajstić information content (AvgIpc) is 2.57. The summed E-state index contributed by atoms with van der Waals surface area (Å²) in [6, 6.07) is 7.55. The number of nitrogens with two attached hydrogens (primary N) is 1. The number of hydrogen-bond acceptors (Lipinski definition) is 3. The summed E-state index contributed by atoms with van der Waals surface area (Å²) in [5.41, 5.74) is 7.15. The van der Waals surface area contributed by atoms with E-state index in [-0.39, 0.29) is 5.91 Å². The lowest BCUT2D eigenvalue weighted by Gasteiger charge is -2.19. The minimum absolute atomic E-state index is 0.00618. The highest BCUT2D eigenvalue weighted by atomic mass is 16.3. The Hall–Kier alpha value is -1.39. The van der Waals surface area contributed by atoms with Gasteiger partial charge in [0.2, 0.25) is 0 Å². The molecular weight excluding hydrogens is 204 g/mol. The predicted molar refractivity (Wildman–Crippen MR) is 60.9 cm³/mol. The summed E-state index contributed by atoms with van der Waals surface area (Å²) in [4.78, 5) is 13.6. The Labute approximate surface area is 94.7 Å². The van der Waals surface area contributed by atoms with Gasteiger partial charge >= 0.3 is 0 Å². The Morgan fingerprint density at radius 3 is 2.88 bits per heavy atom. The number of nitrogens with zero attached hydrogens (tertiary/aromatic N) is 1. The lowest BCUT2D eigenvalue weighted by atomic mass is 10.1. The lowest BCUT2D eigenvalue weighted by molar-refractivity contribution is 0.0636. The van der Waals surface area contributed by atoms with E-state index in [0.717, 1.165) is 11.1 Å². The van der Waals surface area contributed by atoms with Crippen molar-refractivity contribution in [2.45, 2.75) is 19.1 Å². The number of benzene rings is 1. The van der Waals surface area contributed by atoms with Crippen LogP contribution in [-0.4, -0.2) is 35.1 Å². The van der Waals surface area contributed by atoms with E-state index < -0.39 is 6.10 Å². The summed E-state index contributed by atoms with van der Waals surface area (Å²) < 4.78 is 0. The molecule has 4 heteroatoms. The van der Waals surface area contributed by atoms with Crippen LogP contribution in [0.2, 0.25) is 0 Å². The molecule has 1 aliphatic rings. The summed E-state index contributed by atoms with van der Waals surface area (Å²) in [6.45, 7) is 1.40. The Morgan fingerprint density at radius 2 is 2.19 bits per heavy atom. The van der Waals surface area contributed by atoms with Crippen molar-refractivity contribution in [1.29, 1.82) is 0 Å². The molecule has 0 spiro atoms. The Balaban J connectivity index is 2.04. The van der Waals surface area contributed by atoms with Gasteiger partial charge in [-0.25, -0.2) is 0 Å². The van der Waals surface area contributed by atoms with E-state index in [1.807, 2.05) is 24.3 Å². The third-order valence-corrected chi connectivity index (χ3v) is 2.83. The molecule has 1 heterocycles. The van der Waals surface area contributed by atoms with Gasteiger partial charge < -0.3 is 15.7 Å². The molecule has 1 amide bonds. The van der Waals surface area contributed by atoms with Gasteiger partial charge in [0.15, 0.2) is 0 Å². The molecule has 1 aromatic carbocycles. The number of carbonyl (C=O) groups is 1. The standard InChI is InChI=1S/C12H16N2O2/c13-6-5-10(15)8-14-7-9-3-1-2-4-11(9)12(14)16/h1-4,10,15H,5-8,13H2. The molecule has 4 nitrogen and oxygen atoms in total. The Bertz CT molecular complexity index is 392. The van der Waals surface area contributed by atoms with Gasteiger partial charge in [-0.1, -0.05) is 18.2 Å². The first-order valence-electron chi connectivity index (χ1n) is 5.47. The second-order valence-electron chi connectivity index (χ2n) is 4.07. The first-order chi connectivity index (χ1) is 7.72. The third kappa shape index (κ3) is 2.08. The van der Waals surface area contributed by atoms with Gasteiger partial charge in [0.05, 0.1) is 6.10 Å². The summed E-state index contributed by atoms with van der Waals surface area (Å²) in [7, 11) is 0. The lowest BCUT2D eigenvalue weighted by Crippen LogP contribution is -2.33. The molecule has 0 aromatic heterocycles. The highest BCUT2D eigenvalue weighted by Crippen LogP contribution is 2.22. The van der Waals surface area contributed by atoms with Crippen LogP contribution in [-0.2, 0) is 6.54 Å². The van der Waals surface area contributed by atoms with Crippen molar-refractivity contribution in [1.82, 2.24) is 4.90 Å². The van der Waals surface area contributed by atoms with E-state index in [0.29, 0.717) is 26.1 Å². The molecule has 3 N–H and O–H groups in total. The number of aliphatic hydroxyl groups is 1. The van der Waals surface area contributed by atoms with Gasteiger partial charge in [0.1, 0.15) is 0 Å². The van der Waals surface area contributed by atoms with Crippen molar-refractivity contribution < 1.29 is 9.90 Å². The minimum Gasteiger partial charge on any atom is -0.391 e. The SMILES string of the molecule is NCCC(O)CN1Cc2ccccc2C1=O. The minimum atomic E-state index is -0.525. The quantitative estimate of drug-likeness (QED) is 0.769. The molecule has 0 bridgehead atoms. The maximum absolute atomic E-state index is 11.9. The fourth-order valence-corrected chi connectivity index (χ4v) is 2.00. The van der Waals surface area contributed by atoms with E-state index >= 15 is 0 Å². The molecule has 0 saturated carbocycles. The molecule has 1 atom stereocenters. The van der Waals surface area contributed by atoms with Crippen molar-refractivity contribution in [3.05, 3.63) is 35.4 Å². The van der Waals surface area contributed by atoms with Crippen LogP contribution >= 0.6 is 0 Å². The van der Waals surface area contributed by atoms with Gasteiger partial charge in [-0.15, -0.1) is 0 Å². The summed E-state index contributed by atoms with van der Waals surface area (Å²) in [5, 5.41) is 9.63. The number of β-amino-alcohol motifs (C(OH)–C–C–N with tert-alkyl or cyclic N) is 1. The molecule has 0 fully saturated rings. The number of hydrogen-bond donors (Lipinski definition) is 2. The number of amides is 1. The molecule has 86 valence electrons. The molecule has 0 saturated heterocycles. The predicted octanol–water partition coefficient (Wildman–Crippen LogP) is 0.352. The van der Waals surface area contributed by atoms with Crippen LogP contribution in [0.4, 0.5) is 0 Å². The zero-order valence-electron chi connectivity index (χ0n) is 9.10. The van der Waals surface area contributed by atoms with Crippen LogP contribution in [0.25, 0.3) is 0 Å². The molecule has 2 rings (SSSR count). The van der Waals surface area contributed by atoms with Crippen molar-refractivity contribution in [2.24, 2.45) is 5.73 Å². The van der Waals surface area contributed by atoms with Crippen LogP contribution < -0.4 is 5.73 Å². The van der Waals surface area contributed by atoms with Gasteiger partial charge in [-0.2, -0.15) is 0 Å². The third-order valence-electron chi connectivity index (χ3n) is 2.83. The van der Waals surface area contributed by atoms with Crippen LogP contribution in [0.5, 0.6) is 0 Å². The van der Waals surface area contributed by atoms with Gasteiger partial charge in [-0.05, 0) is 24.6 Å². The maximum Gasteiger partial charge on any atom is 0.254 e. The molecular formula is C12H16N2O2. The number of rotatable bonds is 4. The summed E-state index contributed by atoms with van der Waals surface area (Å²) >= 11 is 0. The van der Waals surface area contributed by atoms with E-state index in [1.54, 1.807) is 4.90 Å². The zero-order valence-corrected chi connectivity index (χ0v) is 9.10. The van der Waals surface area contributed by atoms with Crippen molar-refractivity contribution >= 4 is 5.91 Å². The highest BCUT2D eigenvalue weighted by molar-refractivity contribution is 5.98. The van der Waals surface area contributed by atoms with E-state index in [1.165, 1.54) is 0 Å². The van der Waals surface area contributed by atoms with E-state index in [9.17, 15) is 9.90 Å². The molecule has 1 unspecified atom stereocenters. The molecule has 16 heavy (non-hydrogen) atoms. The molecule has 1 aromatic rings. The second-order valence-corrected chi connectivity index (χ2v) is 4.07. The van der Waals surface area contributed by atoms with Crippen LogP contribution in [0.15, 0.2) is 24.3 Å². The van der Waals surface area contributed by atoms with Crippen molar-refractivity contribution in [3.8, 4) is 0 Å². The van der Waals surface area contributed by atoms with Crippen molar-refractivity contribution in [3.63, 3.8) is 0 Å². The van der Waals surface area contributed by atoms with Crippen molar-refractivity contribution in [2.75, 3.05) is 13.1 Å². The monoisotopic (exact) mass is 220 g/mol. The number of fused-ring (bicyclic) bond motifs is 1.